The first-order chi connectivity index (χ1) is 14.6. The van der Waals surface area contributed by atoms with Crippen LogP contribution in [0.25, 0.3) is 12.2 Å². The second-order valence-corrected chi connectivity index (χ2v) is 6.90. The van der Waals surface area contributed by atoms with Crippen LogP contribution in [-0.4, -0.2) is 51.3 Å². The molecule has 3 aromatic rings. The minimum Gasteiger partial charge on any atom is -0.348 e. The fourth-order valence-electron chi connectivity index (χ4n) is 3.23. The van der Waals surface area contributed by atoms with E-state index in [9.17, 15) is 10.1 Å². The number of nitrogens with zero attached hydrogens (tertiary/aromatic N) is 5. The zero-order chi connectivity index (χ0) is 20.9. The van der Waals surface area contributed by atoms with Crippen molar-refractivity contribution < 1.29 is 4.92 Å². The molecule has 3 heterocycles. The molecule has 0 aliphatic carbocycles. The van der Waals surface area contributed by atoms with Crippen molar-refractivity contribution in [1.82, 2.24) is 25.5 Å². The van der Waals surface area contributed by atoms with Gasteiger partial charge >= 0.3 is 5.69 Å². The summed E-state index contributed by atoms with van der Waals surface area (Å²) < 4.78 is 0. The number of rotatable bonds is 6. The molecule has 2 aromatic heterocycles. The maximum atomic E-state index is 12.0. The summed E-state index contributed by atoms with van der Waals surface area (Å²) in [5.41, 5.74) is 1.66. The Labute approximate surface area is 173 Å². The molecule has 0 spiro atoms. The third-order valence-electron chi connectivity index (χ3n) is 4.66. The monoisotopic (exact) mass is 406 g/mol. The second-order valence-electron chi connectivity index (χ2n) is 6.90. The summed E-state index contributed by atoms with van der Waals surface area (Å²) in [4.78, 5) is 22.4. The minimum atomic E-state index is -0.441. The van der Waals surface area contributed by atoms with E-state index in [2.05, 4.69) is 30.8 Å². The van der Waals surface area contributed by atoms with Gasteiger partial charge in [-0.3, -0.25) is 15.2 Å². The van der Waals surface area contributed by atoms with E-state index in [0.29, 0.717) is 30.5 Å². The van der Waals surface area contributed by atoms with Gasteiger partial charge < -0.3 is 15.5 Å². The lowest BCUT2D eigenvalue weighted by atomic mass is 10.2. The summed E-state index contributed by atoms with van der Waals surface area (Å²) >= 11 is 0. The predicted molar refractivity (Wildman–Crippen MR) is 116 cm³/mol. The van der Waals surface area contributed by atoms with Gasteiger partial charge in [0.2, 0.25) is 11.6 Å². The van der Waals surface area contributed by atoms with Gasteiger partial charge in [-0.15, -0.1) is 0 Å². The van der Waals surface area contributed by atoms with Crippen molar-refractivity contribution in [2.45, 2.75) is 6.92 Å². The van der Waals surface area contributed by atoms with Crippen molar-refractivity contribution in [2.24, 2.45) is 0 Å². The average molecular weight is 406 g/mol. The predicted octanol–water partition coefficient (Wildman–Crippen LogP) is 2.74. The molecular weight excluding hydrogens is 384 g/mol. The molecule has 4 rings (SSSR count). The lowest BCUT2D eigenvalue weighted by Gasteiger charge is -2.28. The van der Waals surface area contributed by atoms with E-state index < -0.39 is 4.92 Å². The van der Waals surface area contributed by atoms with E-state index in [1.54, 1.807) is 12.1 Å². The Hall–Kier alpha value is -3.79. The average Bonchev–Trinajstić information content (AvgIpc) is 3.17. The summed E-state index contributed by atoms with van der Waals surface area (Å²) in [7, 11) is 0. The van der Waals surface area contributed by atoms with Crippen LogP contribution < -0.4 is 15.5 Å². The van der Waals surface area contributed by atoms with Crippen LogP contribution in [0, 0.1) is 17.0 Å². The Morgan fingerprint density at radius 2 is 1.93 bits per heavy atom. The van der Waals surface area contributed by atoms with Crippen LogP contribution in [0.2, 0.25) is 0 Å². The first-order valence-corrected chi connectivity index (χ1v) is 9.64. The highest BCUT2D eigenvalue weighted by atomic mass is 16.6. The van der Waals surface area contributed by atoms with E-state index in [1.807, 2.05) is 48.2 Å². The Kier molecular flexibility index (Phi) is 5.66. The van der Waals surface area contributed by atoms with E-state index in [1.165, 1.54) is 0 Å². The van der Waals surface area contributed by atoms with E-state index in [4.69, 9.17) is 0 Å². The van der Waals surface area contributed by atoms with Crippen LogP contribution in [0.1, 0.15) is 17.1 Å². The summed E-state index contributed by atoms with van der Waals surface area (Å²) in [6, 6.07) is 11.5. The maximum Gasteiger partial charge on any atom is 0.353 e. The molecule has 1 saturated heterocycles. The molecule has 1 fully saturated rings. The van der Waals surface area contributed by atoms with Gasteiger partial charge in [-0.25, -0.2) is 9.97 Å². The normalized spacial score (nSPS) is 14.2. The zero-order valence-corrected chi connectivity index (χ0v) is 16.5. The molecule has 10 nitrogen and oxygen atoms in total. The molecule has 0 saturated carbocycles. The molecule has 0 bridgehead atoms. The van der Waals surface area contributed by atoms with Gasteiger partial charge in [-0.1, -0.05) is 36.4 Å². The number of aryl methyl sites for hydroxylation is 1. The number of hydrogen-bond donors (Lipinski definition) is 3. The highest BCUT2D eigenvalue weighted by Gasteiger charge is 2.29. The summed E-state index contributed by atoms with van der Waals surface area (Å²) in [6.07, 6.45) is 3.64. The first kappa shape index (κ1) is 19.5. The minimum absolute atomic E-state index is 0.114. The standard InChI is InChI=1S/C20H22N8O2/c1-14-13-17(26-25-14)23-19-18(28(29)30)20(27-11-9-21-10-12-27)24-16(22-19)8-7-15-5-3-2-4-6-15/h2-8,13,21H,9-12H2,1H3,(H2,22,23,24,25,26)/b8-7+. The van der Waals surface area contributed by atoms with Crippen molar-refractivity contribution >= 4 is 35.3 Å². The van der Waals surface area contributed by atoms with Crippen molar-refractivity contribution in [1.29, 1.82) is 0 Å². The Balaban J connectivity index is 1.78. The second kappa shape index (κ2) is 8.70. The van der Waals surface area contributed by atoms with Crippen LogP contribution in [-0.2, 0) is 0 Å². The van der Waals surface area contributed by atoms with E-state index >= 15 is 0 Å². The van der Waals surface area contributed by atoms with Crippen LogP contribution in [0.4, 0.5) is 23.1 Å². The Morgan fingerprint density at radius 3 is 2.60 bits per heavy atom. The number of aromatic amines is 1. The van der Waals surface area contributed by atoms with Crippen LogP contribution >= 0.6 is 0 Å². The number of anilines is 3. The molecule has 1 aliphatic heterocycles. The van der Waals surface area contributed by atoms with Gasteiger partial charge in [0.05, 0.1) is 4.92 Å². The molecule has 0 atom stereocenters. The first-order valence-electron chi connectivity index (χ1n) is 9.64. The van der Waals surface area contributed by atoms with Crippen LogP contribution in [0.5, 0.6) is 0 Å². The summed E-state index contributed by atoms with van der Waals surface area (Å²) in [5, 5.41) is 25.1. The van der Waals surface area contributed by atoms with Crippen molar-refractivity contribution in [2.75, 3.05) is 36.4 Å². The number of H-pyrrole nitrogens is 1. The van der Waals surface area contributed by atoms with Gasteiger partial charge in [0.1, 0.15) is 0 Å². The number of benzene rings is 1. The van der Waals surface area contributed by atoms with Crippen molar-refractivity contribution in [3.05, 3.63) is 63.6 Å². The molecule has 154 valence electrons. The van der Waals surface area contributed by atoms with Crippen LogP contribution in [0.15, 0.2) is 36.4 Å². The molecule has 0 unspecified atom stereocenters. The lowest BCUT2D eigenvalue weighted by molar-refractivity contribution is -0.383. The Bertz CT molecular complexity index is 1060. The third-order valence-corrected chi connectivity index (χ3v) is 4.66. The SMILES string of the molecule is Cc1cc(Nc2nc(/C=C/c3ccccc3)nc(N3CCNCC3)c2[N+](=O)[O-])n[nH]1. The van der Waals surface area contributed by atoms with Crippen molar-refractivity contribution in [3.63, 3.8) is 0 Å². The topological polar surface area (TPSA) is 125 Å². The molecule has 0 radical (unpaired) electrons. The van der Waals surface area contributed by atoms with E-state index in [0.717, 1.165) is 24.3 Å². The summed E-state index contributed by atoms with van der Waals surface area (Å²) in [6.45, 7) is 4.57. The number of nitrogens with one attached hydrogen (secondary N) is 3. The molecule has 0 amide bonds. The number of aromatic nitrogens is 4. The van der Waals surface area contributed by atoms with Crippen molar-refractivity contribution in [3.8, 4) is 0 Å². The fourth-order valence-corrected chi connectivity index (χ4v) is 3.23. The lowest BCUT2D eigenvalue weighted by Crippen LogP contribution is -2.44. The van der Waals surface area contributed by atoms with Gasteiger partial charge in [-0.2, -0.15) is 5.10 Å². The highest BCUT2D eigenvalue weighted by molar-refractivity contribution is 5.77. The van der Waals surface area contributed by atoms with Gasteiger partial charge in [0.15, 0.2) is 11.6 Å². The molecule has 1 aliphatic rings. The molecule has 10 heteroatoms. The fraction of sp³-hybridized carbons (Fsp3) is 0.250. The van der Waals surface area contributed by atoms with E-state index in [-0.39, 0.29) is 11.5 Å². The largest absolute Gasteiger partial charge is 0.353 e. The summed E-state index contributed by atoms with van der Waals surface area (Å²) in [5.74, 6) is 1.26. The quantitative estimate of drug-likeness (QED) is 0.421. The molecule has 3 N–H and O–H groups in total. The van der Waals surface area contributed by atoms with Gasteiger partial charge in [0.25, 0.3) is 0 Å². The molecular formula is C20H22N8O2. The molecule has 1 aromatic carbocycles. The zero-order valence-electron chi connectivity index (χ0n) is 16.5. The number of piperazine rings is 1. The smallest absolute Gasteiger partial charge is 0.348 e. The number of nitro groups is 1. The Morgan fingerprint density at radius 1 is 1.17 bits per heavy atom. The van der Waals surface area contributed by atoms with Gasteiger partial charge in [0, 0.05) is 37.9 Å². The number of hydrogen-bond acceptors (Lipinski definition) is 8. The van der Waals surface area contributed by atoms with Crippen LogP contribution in [0.3, 0.4) is 0 Å². The van der Waals surface area contributed by atoms with Gasteiger partial charge in [-0.05, 0) is 18.6 Å². The maximum absolute atomic E-state index is 12.0. The molecule has 30 heavy (non-hydrogen) atoms. The third kappa shape index (κ3) is 4.44. The highest BCUT2D eigenvalue weighted by Crippen LogP contribution is 2.34.